The first-order valence-corrected chi connectivity index (χ1v) is 14.6. The number of carbonyl (C=O) groups excluding carboxylic acids is 1. The summed E-state index contributed by atoms with van der Waals surface area (Å²) in [6.07, 6.45) is 1.80. The van der Waals surface area contributed by atoms with E-state index in [1.54, 1.807) is 24.7 Å². The molecule has 3 heterocycles. The molecule has 1 atom stereocenters. The van der Waals surface area contributed by atoms with Crippen molar-refractivity contribution in [3.05, 3.63) is 127 Å². The van der Waals surface area contributed by atoms with Crippen molar-refractivity contribution in [3.8, 4) is 17.2 Å². The van der Waals surface area contributed by atoms with E-state index in [-0.39, 0.29) is 24.5 Å². The van der Waals surface area contributed by atoms with Crippen LogP contribution < -0.4 is 29.1 Å². The molecule has 214 valence electrons. The first kappa shape index (κ1) is 26.7. The Kier molecular flexibility index (Phi) is 6.79. The molecule has 0 fully saturated rings. The van der Waals surface area contributed by atoms with E-state index in [0.29, 0.717) is 37.8 Å². The van der Waals surface area contributed by atoms with Crippen LogP contribution in [0.2, 0.25) is 0 Å². The molecule has 0 saturated heterocycles. The van der Waals surface area contributed by atoms with Gasteiger partial charge in [0.05, 0.1) is 29.5 Å². The lowest BCUT2D eigenvalue weighted by atomic mass is 9.89. The molecule has 0 radical (unpaired) electrons. The van der Waals surface area contributed by atoms with E-state index in [2.05, 4.69) is 0 Å². The summed E-state index contributed by atoms with van der Waals surface area (Å²) in [6.45, 7) is 2.08. The van der Waals surface area contributed by atoms with E-state index in [1.807, 2.05) is 84.9 Å². The summed E-state index contributed by atoms with van der Waals surface area (Å²) in [5.74, 6) is 1.28. The number of carbonyl (C=O) groups is 1. The number of methoxy groups -OCH3 is 1. The van der Waals surface area contributed by atoms with Crippen LogP contribution in [0.15, 0.2) is 100 Å². The normalized spacial score (nSPS) is 15.8. The number of thiazole rings is 1. The predicted octanol–water partition coefficient (Wildman–Crippen LogP) is 4.83. The third-order valence-corrected chi connectivity index (χ3v) is 8.48. The highest BCUT2D eigenvalue weighted by Gasteiger charge is 2.37. The molecule has 1 aromatic heterocycles. The fourth-order valence-corrected chi connectivity index (χ4v) is 6.60. The lowest BCUT2D eigenvalue weighted by Gasteiger charge is -2.28. The summed E-state index contributed by atoms with van der Waals surface area (Å²) in [4.78, 5) is 33.7. The van der Waals surface area contributed by atoms with Gasteiger partial charge in [-0.2, -0.15) is 0 Å². The average molecular weight is 591 g/mol. The van der Waals surface area contributed by atoms with Crippen LogP contribution in [0.1, 0.15) is 29.7 Å². The number of benzene rings is 4. The van der Waals surface area contributed by atoms with Crippen molar-refractivity contribution >= 4 is 39.9 Å². The fraction of sp³-hybridized carbons (Fsp3) is 0.147. The van der Waals surface area contributed by atoms with Crippen LogP contribution >= 0.6 is 11.3 Å². The largest absolute Gasteiger partial charge is 0.496 e. The zero-order valence-corrected chi connectivity index (χ0v) is 24.2. The minimum absolute atomic E-state index is 0.159. The Hall–Kier alpha value is -5.15. The van der Waals surface area contributed by atoms with Gasteiger partial charge >= 0.3 is 5.97 Å². The van der Waals surface area contributed by atoms with Crippen molar-refractivity contribution in [1.82, 2.24) is 4.57 Å². The van der Waals surface area contributed by atoms with E-state index in [0.717, 1.165) is 21.9 Å². The minimum Gasteiger partial charge on any atom is -0.496 e. The Morgan fingerprint density at radius 2 is 1.81 bits per heavy atom. The smallest absolute Gasteiger partial charge is 0.338 e. The Bertz CT molecular complexity index is 2110. The van der Waals surface area contributed by atoms with Crippen molar-refractivity contribution in [3.63, 3.8) is 0 Å². The summed E-state index contributed by atoms with van der Waals surface area (Å²) in [5.41, 5.74) is 2.64. The molecular weight excluding hydrogens is 564 g/mol. The van der Waals surface area contributed by atoms with Crippen LogP contribution in [0.25, 0.3) is 22.5 Å². The highest BCUT2D eigenvalue weighted by atomic mass is 32.1. The summed E-state index contributed by atoms with van der Waals surface area (Å²) in [5, 5.41) is 1.80. The third-order valence-electron chi connectivity index (χ3n) is 7.49. The number of nitrogens with zero attached hydrogens (tertiary/aromatic N) is 2. The highest BCUT2D eigenvalue weighted by molar-refractivity contribution is 7.07. The molecule has 0 N–H and O–H groups in total. The quantitative estimate of drug-likeness (QED) is 0.264. The Morgan fingerprint density at radius 3 is 2.63 bits per heavy atom. The highest BCUT2D eigenvalue weighted by Crippen LogP contribution is 2.42. The number of rotatable bonds is 6. The molecule has 0 aliphatic carbocycles. The van der Waals surface area contributed by atoms with Gasteiger partial charge in [0.15, 0.2) is 16.3 Å². The second kappa shape index (κ2) is 10.9. The first-order valence-electron chi connectivity index (χ1n) is 13.8. The molecule has 43 heavy (non-hydrogen) atoms. The van der Waals surface area contributed by atoms with Gasteiger partial charge in [-0.15, -0.1) is 0 Å². The van der Waals surface area contributed by atoms with Crippen molar-refractivity contribution in [2.24, 2.45) is 4.99 Å². The molecule has 0 bridgehead atoms. The van der Waals surface area contributed by atoms with E-state index >= 15 is 0 Å². The number of esters is 1. The first-order chi connectivity index (χ1) is 21.1. The molecule has 8 nitrogen and oxygen atoms in total. The van der Waals surface area contributed by atoms with Crippen molar-refractivity contribution < 1.29 is 23.7 Å². The summed E-state index contributed by atoms with van der Waals surface area (Å²) < 4.78 is 24.5. The maximum atomic E-state index is 14.4. The molecule has 0 amide bonds. The fourth-order valence-electron chi connectivity index (χ4n) is 5.60. The third kappa shape index (κ3) is 4.58. The monoisotopic (exact) mass is 590 g/mol. The van der Waals surface area contributed by atoms with Gasteiger partial charge in [0.2, 0.25) is 6.79 Å². The van der Waals surface area contributed by atoms with Crippen LogP contribution in [-0.4, -0.2) is 31.0 Å². The van der Waals surface area contributed by atoms with Crippen molar-refractivity contribution in [2.75, 3.05) is 20.5 Å². The predicted molar refractivity (Wildman–Crippen MR) is 164 cm³/mol. The van der Waals surface area contributed by atoms with E-state index in [4.69, 9.17) is 23.9 Å². The van der Waals surface area contributed by atoms with E-state index in [9.17, 15) is 9.59 Å². The number of aromatic nitrogens is 1. The van der Waals surface area contributed by atoms with E-state index < -0.39 is 12.0 Å². The van der Waals surface area contributed by atoms with Gasteiger partial charge in [0.1, 0.15) is 11.8 Å². The molecule has 0 saturated carbocycles. The van der Waals surface area contributed by atoms with Crippen LogP contribution in [0.5, 0.6) is 17.2 Å². The van der Waals surface area contributed by atoms with Gasteiger partial charge in [0, 0.05) is 11.1 Å². The second-order valence-corrected chi connectivity index (χ2v) is 11.0. The zero-order chi connectivity index (χ0) is 29.5. The Balaban J connectivity index is 1.57. The van der Waals surface area contributed by atoms with Gasteiger partial charge in [-0.25, -0.2) is 9.79 Å². The van der Waals surface area contributed by atoms with Gasteiger partial charge < -0.3 is 18.9 Å². The van der Waals surface area contributed by atoms with Gasteiger partial charge in [-0.1, -0.05) is 78.1 Å². The van der Waals surface area contributed by atoms with Crippen LogP contribution in [0.4, 0.5) is 0 Å². The number of hydrogen-bond donors (Lipinski definition) is 0. The van der Waals surface area contributed by atoms with Gasteiger partial charge in [0.25, 0.3) is 5.56 Å². The van der Waals surface area contributed by atoms with Crippen LogP contribution in [-0.2, 0) is 9.53 Å². The molecule has 0 unspecified atom stereocenters. The average Bonchev–Trinajstić information content (AvgIpc) is 3.63. The molecule has 7 rings (SSSR count). The Morgan fingerprint density at radius 1 is 1.02 bits per heavy atom. The lowest BCUT2D eigenvalue weighted by molar-refractivity contribution is -0.138. The molecule has 2 aliphatic rings. The van der Waals surface area contributed by atoms with Gasteiger partial charge in [-0.3, -0.25) is 9.36 Å². The van der Waals surface area contributed by atoms with Gasteiger partial charge in [-0.05, 0) is 47.5 Å². The zero-order valence-electron chi connectivity index (χ0n) is 23.4. The summed E-state index contributed by atoms with van der Waals surface area (Å²) in [6, 6.07) is 25.8. The number of hydrogen-bond acceptors (Lipinski definition) is 8. The molecule has 4 aromatic carbocycles. The molecule has 9 heteroatoms. The molecule has 5 aromatic rings. The maximum Gasteiger partial charge on any atom is 0.338 e. The molecular formula is C34H26N2O6S. The second-order valence-electron chi connectivity index (χ2n) is 9.95. The standard InChI is InChI=1S/C34H26N2O6S/c1-3-40-33(38)29-30(22-10-5-4-6-11-22)35-34-36(31(29)28-23-12-8-7-9-21(23)14-16-25(28)39-2)32(37)27(43-34)18-20-13-15-24-26(17-20)42-19-41-24/h4-18,31H,3,19H2,1-2H3/b27-18-/t31-/m0/s1. The number of ether oxygens (including phenoxy) is 4. The van der Waals surface area contributed by atoms with Crippen LogP contribution in [0.3, 0.4) is 0 Å². The lowest BCUT2D eigenvalue weighted by Crippen LogP contribution is -2.40. The number of fused-ring (bicyclic) bond motifs is 3. The Labute approximate surface area is 250 Å². The SMILES string of the molecule is CCOC(=O)C1=C(c2ccccc2)N=c2s/c(=C\c3ccc4c(c3)OCO4)c(=O)n2[C@H]1c1c(OC)ccc2ccccc12. The maximum absolute atomic E-state index is 14.4. The van der Waals surface area contributed by atoms with E-state index in [1.165, 1.54) is 11.3 Å². The minimum atomic E-state index is -0.870. The molecule has 2 aliphatic heterocycles. The summed E-state index contributed by atoms with van der Waals surface area (Å²) in [7, 11) is 1.59. The molecule has 0 spiro atoms. The van der Waals surface area contributed by atoms with Crippen molar-refractivity contribution in [2.45, 2.75) is 13.0 Å². The topological polar surface area (TPSA) is 88.4 Å². The van der Waals surface area contributed by atoms with Crippen LogP contribution in [0, 0.1) is 0 Å². The summed E-state index contributed by atoms with van der Waals surface area (Å²) >= 11 is 1.26. The van der Waals surface area contributed by atoms with Crippen molar-refractivity contribution in [1.29, 1.82) is 0 Å².